The Kier molecular flexibility index (Phi) is 5.70. The largest absolute Gasteiger partial charge is 0.369 e. The molecular formula is C14H19Cl2N5. The van der Waals surface area contributed by atoms with E-state index in [0.29, 0.717) is 21.7 Å². The number of nitrogens with one attached hydrogen (secondary N) is 2. The number of hydrogen-bond donors (Lipinski definition) is 2. The van der Waals surface area contributed by atoms with E-state index < -0.39 is 0 Å². The third-order valence-corrected chi connectivity index (χ3v) is 3.45. The summed E-state index contributed by atoms with van der Waals surface area (Å²) in [5.41, 5.74) is 0. The standard InChI is InChI=1S/C14H19Cl2N5/c1-3-5-17-13-11(15)8-12(16)14(20-13)19-10(2)9-21-7-4-6-18-21/h4,6-8,10H,3,5,9H2,1-2H3,(H2,17,19,20). The molecule has 0 saturated carbocycles. The van der Waals surface area contributed by atoms with Crippen LogP contribution in [0.5, 0.6) is 0 Å². The fourth-order valence-corrected chi connectivity index (χ4v) is 2.38. The highest BCUT2D eigenvalue weighted by molar-refractivity contribution is 6.37. The van der Waals surface area contributed by atoms with Crippen molar-refractivity contribution in [2.45, 2.75) is 32.9 Å². The molecule has 0 aliphatic rings. The van der Waals surface area contributed by atoms with Crippen LogP contribution in [-0.4, -0.2) is 27.4 Å². The van der Waals surface area contributed by atoms with Gasteiger partial charge in [-0.25, -0.2) is 4.98 Å². The van der Waals surface area contributed by atoms with Gasteiger partial charge in [0.1, 0.15) is 11.6 Å². The number of rotatable bonds is 7. The Hall–Kier alpha value is -1.46. The number of halogens is 2. The minimum absolute atomic E-state index is 0.134. The second-order valence-electron chi connectivity index (χ2n) is 4.85. The first-order chi connectivity index (χ1) is 10.1. The van der Waals surface area contributed by atoms with Gasteiger partial charge in [0.15, 0.2) is 0 Å². The predicted molar refractivity (Wildman–Crippen MR) is 88.3 cm³/mol. The average Bonchev–Trinajstić information content (AvgIpc) is 2.93. The Morgan fingerprint density at radius 3 is 2.71 bits per heavy atom. The van der Waals surface area contributed by atoms with Gasteiger partial charge < -0.3 is 10.6 Å². The quantitative estimate of drug-likeness (QED) is 0.809. The molecule has 0 saturated heterocycles. The minimum Gasteiger partial charge on any atom is -0.369 e. The van der Waals surface area contributed by atoms with Crippen LogP contribution in [0.25, 0.3) is 0 Å². The van der Waals surface area contributed by atoms with Gasteiger partial charge >= 0.3 is 0 Å². The lowest BCUT2D eigenvalue weighted by Crippen LogP contribution is -2.23. The zero-order chi connectivity index (χ0) is 15.2. The first-order valence-corrected chi connectivity index (χ1v) is 7.69. The number of anilines is 2. The van der Waals surface area contributed by atoms with E-state index >= 15 is 0 Å². The zero-order valence-corrected chi connectivity index (χ0v) is 13.6. The van der Waals surface area contributed by atoms with E-state index in [1.807, 2.05) is 23.9 Å². The van der Waals surface area contributed by atoms with E-state index in [-0.39, 0.29) is 6.04 Å². The molecule has 5 nitrogen and oxygen atoms in total. The van der Waals surface area contributed by atoms with Crippen molar-refractivity contribution in [3.8, 4) is 0 Å². The lowest BCUT2D eigenvalue weighted by Gasteiger charge is -2.17. The smallest absolute Gasteiger partial charge is 0.147 e. The van der Waals surface area contributed by atoms with E-state index in [9.17, 15) is 0 Å². The fourth-order valence-electron chi connectivity index (χ4n) is 1.90. The molecular weight excluding hydrogens is 309 g/mol. The molecule has 0 amide bonds. The van der Waals surface area contributed by atoms with E-state index in [0.717, 1.165) is 19.5 Å². The van der Waals surface area contributed by atoms with E-state index in [2.05, 4.69) is 27.6 Å². The van der Waals surface area contributed by atoms with Gasteiger partial charge in [-0.15, -0.1) is 0 Å². The summed E-state index contributed by atoms with van der Waals surface area (Å²) in [7, 11) is 0. The Balaban J connectivity index is 2.07. The van der Waals surface area contributed by atoms with Gasteiger partial charge in [-0.3, -0.25) is 4.68 Å². The Bertz CT molecular complexity index is 571. The van der Waals surface area contributed by atoms with Crippen molar-refractivity contribution in [2.24, 2.45) is 0 Å². The highest BCUT2D eigenvalue weighted by Crippen LogP contribution is 2.29. The zero-order valence-electron chi connectivity index (χ0n) is 12.1. The van der Waals surface area contributed by atoms with Crippen molar-refractivity contribution in [1.82, 2.24) is 14.8 Å². The molecule has 2 rings (SSSR count). The highest BCUT2D eigenvalue weighted by atomic mass is 35.5. The average molecular weight is 328 g/mol. The molecule has 21 heavy (non-hydrogen) atoms. The summed E-state index contributed by atoms with van der Waals surface area (Å²) in [6, 6.07) is 3.74. The van der Waals surface area contributed by atoms with Gasteiger partial charge in [-0.1, -0.05) is 30.1 Å². The highest BCUT2D eigenvalue weighted by Gasteiger charge is 2.12. The summed E-state index contributed by atoms with van der Waals surface area (Å²) in [6.07, 6.45) is 4.68. The molecule has 0 fully saturated rings. The summed E-state index contributed by atoms with van der Waals surface area (Å²) in [6.45, 7) is 5.68. The van der Waals surface area contributed by atoms with Crippen LogP contribution in [0.1, 0.15) is 20.3 Å². The molecule has 2 aromatic heterocycles. The van der Waals surface area contributed by atoms with E-state index in [4.69, 9.17) is 23.2 Å². The molecule has 2 aromatic rings. The monoisotopic (exact) mass is 327 g/mol. The maximum Gasteiger partial charge on any atom is 0.147 e. The second-order valence-corrected chi connectivity index (χ2v) is 5.66. The molecule has 7 heteroatoms. The topological polar surface area (TPSA) is 54.8 Å². The molecule has 1 unspecified atom stereocenters. The fraction of sp³-hybridized carbons (Fsp3) is 0.429. The summed E-state index contributed by atoms with van der Waals surface area (Å²) in [5.74, 6) is 1.27. The van der Waals surface area contributed by atoms with Crippen molar-refractivity contribution in [3.05, 3.63) is 34.6 Å². The maximum atomic E-state index is 6.20. The Labute approximate surface area is 134 Å². The van der Waals surface area contributed by atoms with Crippen molar-refractivity contribution in [1.29, 1.82) is 0 Å². The van der Waals surface area contributed by atoms with Gasteiger partial charge in [-0.05, 0) is 25.5 Å². The summed E-state index contributed by atoms with van der Waals surface area (Å²) in [5, 5.41) is 11.7. The van der Waals surface area contributed by atoms with E-state index in [1.54, 1.807) is 12.3 Å². The molecule has 0 spiro atoms. The third kappa shape index (κ3) is 4.51. The lowest BCUT2D eigenvalue weighted by atomic mass is 10.3. The first-order valence-electron chi connectivity index (χ1n) is 6.94. The van der Waals surface area contributed by atoms with Crippen LogP contribution in [0.2, 0.25) is 10.0 Å². The van der Waals surface area contributed by atoms with Gasteiger partial charge in [0.05, 0.1) is 16.6 Å². The summed E-state index contributed by atoms with van der Waals surface area (Å²) >= 11 is 12.3. The predicted octanol–water partition coefficient (Wildman–Crippen LogP) is 3.91. The number of aromatic nitrogens is 3. The second kappa shape index (κ2) is 7.52. The van der Waals surface area contributed by atoms with Crippen LogP contribution in [0, 0.1) is 0 Å². The molecule has 0 bridgehead atoms. The molecule has 0 aliphatic carbocycles. The van der Waals surface area contributed by atoms with Crippen molar-refractivity contribution >= 4 is 34.8 Å². The minimum atomic E-state index is 0.134. The van der Waals surface area contributed by atoms with Gasteiger partial charge in [-0.2, -0.15) is 5.10 Å². The maximum absolute atomic E-state index is 6.20. The Morgan fingerprint density at radius 1 is 1.29 bits per heavy atom. The van der Waals surface area contributed by atoms with Crippen LogP contribution in [-0.2, 0) is 6.54 Å². The van der Waals surface area contributed by atoms with E-state index in [1.165, 1.54) is 0 Å². The SMILES string of the molecule is CCCNc1nc(NC(C)Cn2cccn2)c(Cl)cc1Cl. The molecule has 2 heterocycles. The Morgan fingerprint density at radius 2 is 2.05 bits per heavy atom. The molecule has 114 valence electrons. The van der Waals surface area contributed by atoms with Gasteiger partial charge in [0, 0.05) is 25.0 Å². The van der Waals surface area contributed by atoms with Crippen molar-refractivity contribution < 1.29 is 0 Å². The van der Waals surface area contributed by atoms with Crippen LogP contribution in [0.15, 0.2) is 24.5 Å². The van der Waals surface area contributed by atoms with Crippen LogP contribution < -0.4 is 10.6 Å². The number of nitrogens with zero attached hydrogens (tertiary/aromatic N) is 3. The lowest BCUT2D eigenvalue weighted by molar-refractivity contribution is 0.560. The van der Waals surface area contributed by atoms with Crippen molar-refractivity contribution in [2.75, 3.05) is 17.2 Å². The van der Waals surface area contributed by atoms with Crippen molar-refractivity contribution in [3.63, 3.8) is 0 Å². The summed E-state index contributed by atoms with van der Waals surface area (Å²) in [4.78, 5) is 4.46. The molecule has 0 aliphatic heterocycles. The third-order valence-electron chi connectivity index (χ3n) is 2.88. The normalized spacial score (nSPS) is 12.2. The van der Waals surface area contributed by atoms with Crippen LogP contribution in [0.3, 0.4) is 0 Å². The molecule has 0 radical (unpaired) electrons. The summed E-state index contributed by atoms with van der Waals surface area (Å²) < 4.78 is 1.86. The molecule has 0 aromatic carbocycles. The molecule has 2 N–H and O–H groups in total. The van der Waals surface area contributed by atoms with Crippen LogP contribution >= 0.6 is 23.2 Å². The number of pyridine rings is 1. The van der Waals surface area contributed by atoms with Gasteiger partial charge in [0.2, 0.25) is 0 Å². The number of hydrogen-bond acceptors (Lipinski definition) is 4. The molecule has 1 atom stereocenters. The van der Waals surface area contributed by atoms with Crippen LogP contribution in [0.4, 0.5) is 11.6 Å². The van der Waals surface area contributed by atoms with Gasteiger partial charge in [0.25, 0.3) is 0 Å². The first kappa shape index (κ1) is 15.9.